The van der Waals surface area contributed by atoms with Crippen LogP contribution in [0.1, 0.15) is 78.4 Å². The molecular formula is C19H36IN5O. The first-order valence-electron chi connectivity index (χ1n) is 9.61. The molecule has 6 nitrogen and oxygen atoms in total. The molecular weight excluding hydrogens is 441 g/mol. The first kappa shape index (κ1) is 23.2. The molecule has 7 heteroatoms. The van der Waals surface area contributed by atoms with Crippen LogP contribution in [0.15, 0.2) is 9.52 Å². The highest BCUT2D eigenvalue weighted by Gasteiger charge is 2.25. The summed E-state index contributed by atoms with van der Waals surface area (Å²) >= 11 is 0. The summed E-state index contributed by atoms with van der Waals surface area (Å²) in [5.41, 5.74) is -0.130. The lowest BCUT2D eigenvalue weighted by Crippen LogP contribution is -2.46. The van der Waals surface area contributed by atoms with Gasteiger partial charge in [-0.25, -0.2) is 0 Å². The first-order chi connectivity index (χ1) is 11.8. The molecule has 0 radical (unpaired) electrons. The third-order valence-electron chi connectivity index (χ3n) is 5.29. The summed E-state index contributed by atoms with van der Waals surface area (Å²) in [5, 5.41) is 10.9. The van der Waals surface area contributed by atoms with Crippen molar-refractivity contribution >= 4 is 29.9 Å². The van der Waals surface area contributed by atoms with Crippen molar-refractivity contribution in [3.8, 4) is 0 Å². The molecule has 2 unspecified atom stereocenters. The van der Waals surface area contributed by atoms with Crippen molar-refractivity contribution in [1.82, 2.24) is 20.8 Å². The zero-order valence-electron chi connectivity index (χ0n) is 17.1. The smallest absolute Gasteiger partial charge is 0.232 e. The molecule has 1 aromatic rings. The minimum Gasteiger partial charge on any atom is -0.354 e. The van der Waals surface area contributed by atoms with E-state index in [9.17, 15) is 0 Å². The molecule has 1 aliphatic carbocycles. The minimum atomic E-state index is -0.130. The fourth-order valence-corrected chi connectivity index (χ4v) is 3.40. The van der Waals surface area contributed by atoms with Gasteiger partial charge in [0.05, 0.1) is 6.54 Å². The van der Waals surface area contributed by atoms with Gasteiger partial charge in [0.25, 0.3) is 0 Å². The van der Waals surface area contributed by atoms with Crippen LogP contribution in [0.4, 0.5) is 0 Å². The fourth-order valence-electron chi connectivity index (χ4n) is 3.40. The Morgan fingerprint density at radius 2 is 1.88 bits per heavy atom. The number of halogens is 1. The second-order valence-electron chi connectivity index (χ2n) is 8.38. The zero-order valence-corrected chi connectivity index (χ0v) is 19.5. The Kier molecular flexibility index (Phi) is 9.33. The Balaban J connectivity index is 0.00000338. The van der Waals surface area contributed by atoms with Crippen LogP contribution < -0.4 is 10.6 Å². The van der Waals surface area contributed by atoms with Gasteiger partial charge in [0.1, 0.15) is 0 Å². The summed E-state index contributed by atoms with van der Waals surface area (Å²) in [6, 6.07) is 0.379. The maximum absolute atomic E-state index is 5.33. The fraction of sp³-hybridized carbons (Fsp3) is 0.842. The monoisotopic (exact) mass is 477 g/mol. The van der Waals surface area contributed by atoms with Gasteiger partial charge in [-0.05, 0) is 18.8 Å². The Morgan fingerprint density at radius 1 is 1.23 bits per heavy atom. The van der Waals surface area contributed by atoms with Crippen LogP contribution in [-0.2, 0) is 12.0 Å². The Hall–Kier alpha value is -0.860. The molecule has 1 heterocycles. The third-order valence-corrected chi connectivity index (χ3v) is 5.29. The molecule has 150 valence electrons. The number of nitrogens with zero attached hydrogens (tertiary/aromatic N) is 3. The average Bonchev–Trinajstić information content (AvgIpc) is 3.08. The summed E-state index contributed by atoms with van der Waals surface area (Å²) in [5.74, 6) is 3.56. The summed E-state index contributed by atoms with van der Waals surface area (Å²) in [7, 11) is 1.80. The highest BCUT2D eigenvalue weighted by molar-refractivity contribution is 14.0. The molecule has 1 aromatic heterocycles. The number of aliphatic imine (C=N–C) groups is 1. The van der Waals surface area contributed by atoms with Crippen molar-refractivity contribution in [2.24, 2.45) is 16.8 Å². The number of hydrogen-bond donors (Lipinski definition) is 2. The van der Waals surface area contributed by atoms with E-state index in [0.717, 1.165) is 11.9 Å². The Labute approximate surface area is 175 Å². The van der Waals surface area contributed by atoms with Gasteiger partial charge in [0.2, 0.25) is 5.89 Å². The molecule has 26 heavy (non-hydrogen) atoms. The van der Waals surface area contributed by atoms with Crippen molar-refractivity contribution in [3.63, 3.8) is 0 Å². The molecule has 2 N–H and O–H groups in total. The van der Waals surface area contributed by atoms with Crippen LogP contribution in [0.3, 0.4) is 0 Å². The van der Waals surface area contributed by atoms with E-state index in [1.165, 1.54) is 32.1 Å². The summed E-state index contributed by atoms with van der Waals surface area (Å²) in [6.45, 7) is 11.3. The molecule has 0 saturated heterocycles. The number of aromatic nitrogens is 2. The lowest BCUT2D eigenvalue weighted by atomic mass is 9.78. The van der Waals surface area contributed by atoms with Crippen LogP contribution in [0.2, 0.25) is 0 Å². The SMILES string of the molecule is CN=C(NCc1noc(C(C)(C)C)n1)NC(C)C(C)C1CCCCC1.I. The standard InChI is InChI=1S/C19H35N5O.HI/c1-13(15-10-8-7-9-11-15)14(2)22-18(20-6)21-12-16-23-17(25-24-16)19(3,4)5;/h13-15H,7-12H2,1-6H3,(H2,20,21,22);1H. The molecule has 2 rings (SSSR count). The van der Waals surface area contributed by atoms with Gasteiger partial charge in [-0.1, -0.05) is 65.0 Å². The molecule has 1 fully saturated rings. The van der Waals surface area contributed by atoms with Crippen molar-refractivity contribution in [2.75, 3.05) is 7.05 Å². The molecule has 0 aromatic carbocycles. The van der Waals surface area contributed by atoms with E-state index >= 15 is 0 Å². The highest BCUT2D eigenvalue weighted by Crippen LogP contribution is 2.31. The second kappa shape index (κ2) is 10.5. The molecule has 1 aliphatic rings. The van der Waals surface area contributed by atoms with Crippen LogP contribution in [0.25, 0.3) is 0 Å². The maximum Gasteiger partial charge on any atom is 0.232 e. The van der Waals surface area contributed by atoms with E-state index in [1.54, 1.807) is 7.05 Å². The van der Waals surface area contributed by atoms with E-state index in [-0.39, 0.29) is 29.4 Å². The summed E-state index contributed by atoms with van der Waals surface area (Å²) in [6.07, 6.45) is 6.87. The molecule has 0 aliphatic heterocycles. The van der Waals surface area contributed by atoms with E-state index in [4.69, 9.17) is 4.52 Å². The van der Waals surface area contributed by atoms with E-state index in [0.29, 0.717) is 30.2 Å². The van der Waals surface area contributed by atoms with Crippen LogP contribution in [0.5, 0.6) is 0 Å². The summed E-state index contributed by atoms with van der Waals surface area (Å²) < 4.78 is 5.33. The van der Waals surface area contributed by atoms with Crippen LogP contribution in [-0.4, -0.2) is 29.2 Å². The van der Waals surface area contributed by atoms with Gasteiger partial charge in [0.15, 0.2) is 11.8 Å². The lowest BCUT2D eigenvalue weighted by Gasteiger charge is -2.32. The maximum atomic E-state index is 5.33. The van der Waals surface area contributed by atoms with E-state index in [1.807, 2.05) is 0 Å². The van der Waals surface area contributed by atoms with Crippen molar-refractivity contribution in [2.45, 2.75) is 84.7 Å². The highest BCUT2D eigenvalue weighted by atomic mass is 127. The molecule has 2 atom stereocenters. The quantitative estimate of drug-likeness (QED) is 0.377. The van der Waals surface area contributed by atoms with Crippen molar-refractivity contribution < 1.29 is 4.52 Å². The molecule has 0 spiro atoms. The largest absolute Gasteiger partial charge is 0.354 e. The number of nitrogens with one attached hydrogen (secondary N) is 2. The zero-order chi connectivity index (χ0) is 18.4. The van der Waals surface area contributed by atoms with E-state index < -0.39 is 0 Å². The number of guanidine groups is 1. The third kappa shape index (κ3) is 6.70. The normalized spacial score (nSPS) is 18.8. The predicted molar refractivity (Wildman–Crippen MR) is 117 cm³/mol. The van der Waals surface area contributed by atoms with Crippen molar-refractivity contribution in [3.05, 3.63) is 11.7 Å². The minimum absolute atomic E-state index is 0. The Morgan fingerprint density at radius 3 is 2.42 bits per heavy atom. The van der Waals surface area contributed by atoms with Crippen LogP contribution >= 0.6 is 24.0 Å². The van der Waals surface area contributed by atoms with Gasteiger partial charge >= 0.3 is 0 Å². The number of rotatable bonds is 5. The molecule has 0 amide bonds. The van der Waals surface area contributed by atoms with Gasteiger partial charge in [-0.2, -0.15) is 4.98 Å². The van der Waals surface area contributed by atoms with E-state index in [2.05, 4.69) is 60.4 Å². The summed E-state index contributed by atoms with van der Waals surface area (Å²) in [4.78, 5) is 8.79. The topological polar surface area (TPSA) is 75.3 Å². The van der Waals surface area contributed by atoms with Gasteiger partial charge in [-0.15, -0.1) is 24.0 Å². The van der Waals surface area contributed by atoms with Crippen molar-refractivity contribution in [1.29, 1.82) is 0 Å². The van der Waals surface area contributed by atoms with Gasteiger partial charge < -0.3 is 15.2 Å². The van der Waals surface area contributed by atoms with Gasteiger partial charge in [-0.3, -0.25) is 4.99 Å². The Bertz CT molecular complexity index is 561. The average molecular weight is 477 g/mol. The lowest BCUT2D eigenvalue weighted by molar-refractivity contribution is 0.229. The second-order valence-corrected chi connectivity index (χ2v) is 8.38. The molecule has 0 bridgehead atoms. The first-order valence-corrected chi connectivity index (χ1v) is 9.61. The van der Waals surface area contributed by atoms with Crippen LogP contribution in [0, 0.1) is 11.8 Å². The van der Waals surface area contributed by atoms with Gasteiger partial charge in [0, 0.05) is 18.5 Å². The molecule has 1 saturated carbocycles. The predicted octanol–water partition coefficient (Wildman–Crippen LogP) is 4.26. The number of hydrogen-bond acceptors (Lipinski definition) is 4.